The number of hydrogen-bond donors (Lipinski definition) is 2. The van der Waals surface area contributed by atoms with Crippen molar-refractivity contribution in [1.82, 2.24) is 0 Å². The Morgan fingerprint density at radius 3 is 2.60 bits per heavy atom. The normalized spacial score (nSPS) is 10.3. The topological polar surface area (TPSA) is 78.3 Å². The van der Waals surface area contributed by atoms with E-state index in [0.717, 1.165) is 21.3 Å². The number of carbonyl (C=O) groups excluding carboxylic acids is 1. The van der Waals surface area contributed by atoms with Gasteiger partial charge in [0.1, 0.15) is 12.4 Å². The Hall–Kier alpha value is -2.01. The summed E-state index contributed by atoms with van der Waals surface area (Å²) in [5.41, 5.74) is 13.9. The van der Waals surface area contributed by atoms with Crippen LogP contribution in [0.15, 0.2) is 40.9 Å². The summed E-state index contributed by atoms with van der Waals surface area (Å²) in [5.74, 6) is 0.275. The van der Waals surface area contributed by atoms with Gasteiger partial charge in [-0.25, -0.2) is 0 Å². The number of amides is 1. The zero-order chi connectivity index (χ0) is 14.7. The Kier molecular flexibility index (Phi) is 4.29. The Morgan fingerprint density at radius 2 is 2.00 bits per heavy atom. The fourth-order valence-corrected chi connectivity index (χ4v) is 1.99. The standard InChI is InChI=1S/C15H15BrN2O2/c1-9-6-12(4-5-13(9)16)20-8-11-3-2-10(15(18)19)7-14(11)17/h2-7H,8,17H2,1H3,(H2,18,19). The van der Waals surface area contributed by atoms with Crippen molar-refractivity contribution in [1.29, 1.82) is 0 Å². The molecule has 0 saturated carbocycles. The van der Waals surface area contributed by atoms with Crippen molar-refractivity contribution < 1.29 is 9.53 Å². The average Bonchev–Trinajstić information content (AvgIpc) is 2.41. The summed E-state index contributed by atoms with van der Waals surface area (Å²) in [4.78, 5) is 11.0. The van der Waals surface area contributed by atoms with Gasteiger partial charge in [-0.15, -0.1) is 0 Å². The van der Waals surface area contributed by atoms with Crippen molar-refractivity contribution in [3.63, 3.8) is 0 Å². The van der Waals surface area contributed by atoms with Gasteiger partial charge in [0.05, 0.1) is 0 Å². The predicted molar refractivity (Wildman–Crippen MR) is 82.6 cm³/mol. The smallest absolute Gasteiger partial charge is 0.248 e. The maximum Gasteiger partial charge on any atom is 0.248 e. The Balaban J connectivity index is 2.10. The number of nitrogen functional groups attached to an aromatic ring is 1. The Labute approximate surface area is 125 Å². The van der Waals surface area contributed by atoms with Crippen LogP contribution in [0.4, 0.5) is 5.69 Å². The minimum atomic E-state index is -0.493. The summed E-state index contributed by atoms with van der Waals surface area (Å²) < 4.78 is 6.73. The predicted octanol–water partition coefficient (Wildman–Crippen LogP) is 3.02. The third-order valence-corrected chi connectivity index (χ3v) is 3.84. The molecule has 0 saturated heterocycles. The lowest BCUT2D eigenvalue weighted by atomic mass is 10.1. The van der Waals surface area contributed by atoms with Crippen LogP contribution in [0.1, 0.15) is 21.5 Å². The van der Waals surface area contributed by atoms with Crippen LogP contribution in [0.5, 0.6) is 5.75 Å². The maximum absolute atomic E-state index is 11.0. The molecule has 104 valence electrons. The molecule has 2 rings (SSSR count). The van der Waals surface area contributed by atoms with Crippen molar-refractivity contribution >= 4 is 27.5 Å². The number of ether oxygens (including phenoxy) is 1. The quantitative estimate of drug-likeness (QED) is 0.843. The molecular weight excluding hydrogens is 320 g/mol. The molecule has 0 spiro atoms. The van der Waals surface area contributed by atoms with Crippen LogP contribution in [0.2, 0.25) is 0 Å². The molecule has 0 aliphatic heterocycles. The highest BCUT2D eigenvalue weighted by Crippen LogP contribution is 2.23. The van der Waals surface area contributed by atoms with Crippen molar-refractivity contribution in [3.8, 4) is 5.75 Å². The number of halogens is 1. The number of aryl methyl sites for hydroxylation is 1. The molecule has 2 aromatic rings. The average molecular weight is 335 g/mol. The highest BCUT2D eigenvalue weighted by Gasteiger charge is 2.06. The van der Waals surface area contributed by atoms with Crippen molar-refractivity contribution in [3.05, 3.63) is 57.6 Å². The van der Waals surface area contributed by atoms with E-state index in [2.05, 4.69) is 15.9 Å². The molecule has 0 fully saturated rings. The van der Waals surface area contributed by atoms with Gasteiger partial charge in [0.2, 0.25) is 5.91 Å². The molecule has 0 unspecified atom stereocenters. The van der Waals surface area contributed by atoms with Crippen LogP contribution in [0, 0.1) is 6.92 Å². The number of rotatable bonds is 4. The number of nitrogens with two attached hydrogens (primary N) is 2. The van der Waals surface area contributed by atoms with E-state index < -0.39 is 5.91 Å². The van der Waals surface area contributed by atoms with Crippen LogP contribution >= 0.6 is 15.9 Å². The fourth-order valence-electron chi connectivity index (χ4n) is 1.75. The lowest BCUT2D eigenvalue weighted by Gasteiger charge is -2.10. The second kappa shape index (κ2) is 5.96. The summed E-state index contributed by atoms with van der Waals surface area (Å²) in [5, 5.41) is 0. The number of anilines is 1. The first-order valence-electron chi connectivity index (χ1n) is 6.04. The SMILES string of the molecule is Cc1cc(OCc2ccc(C(N)=O)cc2N)ccc1Br. The number of hydrogen-bond acceptors (Lipinski definition) is 3. The van der Waals surface area contributed by atoms with E-state index in [-0.39, 0.29) is 0 Å². The number of primary amides is 1. The second-order valence-corrected chi connectivity index (χ2v) is 5.33. The van der Waals surface area contributed by atoms with Gasteiger partial charge in [0, 0.05) is 21.3 Å². The van der Waals surface area contributed by atoms with Crippen molar-refractivity contribution in [2.45, 2.75) is 13.5 Å². The molecule has 5 heteroatoms. The van der Waals surface area contributed by atoms with Crippen LogP contribution < -0.4 is 16.2 Å². The van der Waals surface area contributed by atoms with Gasteiger partial charge in [-0.1, -0.05) is 22.0 Å². The van der Waals surface area contributed by atoms with Gasteiger partial charge in [-0.2, -0.15) is 0 Å². The molecule has 20 heavy (non-hydrogen) atoms. The summed E-state index contributed by atoms with van der Waals surface area (Å²) in [7, 11) is 0. The summed E-state index contributed by atoms with van der Waals surface area (Å²) in [6.07, 6.45) is 0. The molecule has 1 amide bonds. The highest BCUT2D eigenvalue weighted by molar-refractivity contribution is 9.10. The monoisotopic (exact) mass is 334 g/mol. The van der Waals surface area contributed by atoms with Crippen LogP contribution in [-0.2, 0) is 6.61 Å². The van der Waals surface area contributed by atoms with E-state index in [1.165, 1.54) is 0 Å². The Morgan fingerprint density at radius 1 is 1.25 bits per heavy atom. The molecule has 0 aromatic heterocycles. The Bertz CT molecular complexity index is 656. The van der Waals surface area contributed by atoms with Crippen molar-refractivity contribution in [2.24, 2.45) is 5.73 Å². The first kappa shape index (κ1) is 14.4. The van der Waals surface area contributed by atoms with Gasteiger partial charge >= 0.3 is 0 Å². The fraction of sp³-hybridized carbons (Fsp3) is 0.133. The van der Waals surface area contributed by atoms with Gasteiger partial charge in [-0.3, -0.25) is 4.79 Å². The molecule has 0 bridgehead atoms. The molecule has 2 aromatic carbocycles. The summed E-state index contributed by atoms with van der Waals surface area (Å²) >= 11 is 3.44. The lowest BCUT2D eigenvalue weighted by molar-refractivity contribution is 0.100. The zero-order valence-corrected chi connectivity index (χ0v) is 12.6. The molecule has 4 N–H and O–H groups in total. The molecule has 0 atom stereocenters. The maximum atomic E-state index is 11.0. The van der Waals surface area contributed by atoms with E-state index >= 15 is 0 Å². The van der Waals surface area contributed by atoms with Gasteiger partial charge < -0.3 is 16.2 Å². The van der Waals surface area contributed by atoms with E-state index in [1.807, 2.05) is 25.1 Å². The summed E-state index contributed by atoms with van der Waals surface area (Å²) in [6.45, 7) is 2.33. The molecule has 0 radical (unpaired) electrons. The number of carbonyl (C=O) groups is 1. The van der Waals surface area contributed by atoms with Gasteiger partial charge in [0.25, 0.3) is 0 Å². The molecule has 0 aliphatic carbocycles. The first-order valence-corrected chi connectivity index (χ1v) is 6.84. The van der Waals surface area contributed by atoms with Crippen LogP contribution in [0.25, 0.3) is 0 Å². The highest BCUT2D eigenvalue weighted by atomic mass is 79.9. The minimum absolute atomic E-state index is 0.339. The number of benzene rings is 2. The van der Waals surface area contributed by atoms with Crippen LogP contribution in [0.3, 0.4) is 0 Å². The molecule has 4 nitrogen and oxygen atoms in total. The lowest BCUT2D eigenvalue weighted by Crippen LogP contribution is -2.12. The first-order chi connectivity index (χ1) is 9.47. The van der Waals surface area contributed by atoms with E-state index in [4.69, 9.17) is 16.2 Å². The minimum Gasteiger partial charge on any atom is -0.489 e. The molecule has 0 aliphatic rings. The van der Waals surface area contributed by atoms with Gasteiger partial charge in [-0.05, 0) is 42.8 Å². The molecule has 0 heterocycles. The third-order valence-electron chi connectivity index (χ3n) is 2.95. The van der Waals surface area contributed by atoms with Gasteiger partial charge in [0.15, 0.2) is 0 Å². The van der Waals surface area contributed by atoms with E-state index in [0.29, 0.717) is 17.9 Å². The van der Waals surface area contributed by atoms with Crippen molar-refractivity contribution in [2.75, 3.05) is 5.73 Å². The largest absolute Gasteiger partial charge is 0.489 e. The second-order valence-electron chi connectivity index (χ2n) is 4.48. The zero-order valence-electron chi connectivity index (χ0n) is 11.0. The molecular formula is C15H15BrN2O2. The summed E-state index contributed by atoms with van der Waals surface area (Å²) in [6, 6.07) is 10.7. The van der Waals surface area contributed by atoms with Crippen LogP contribution in [-0.4, -0.2) is 5.91 Å². The van der Waals surface area contributed by atoms with E-state index in [9.17, 15) is 4.79 Å². The third kappa shape index (κ3) is 3.30. The van der Waals surface area contributed by atoms with E-state index in [1.54, 1.807) is 18.2 Å².